The maximum Gasteiger partial charge on any atom is 0.251 e. The number of hydrogen-bond acceptors (Lipinski definition) is 10. The molecule has 0 spiro atoms. The van der Waals surface area contributed by atoms with Crippen LogP contribution >= 0.6 is 11.8 Å². The highest BCUT2D eigenvalue weighted by Crippen LogP contribution is 2.41. The molecule has 1 heterocycles. The zero-order chi connectivity index (χ0) is 34.1. The van der Waals surface area contributed by atoms with Crippen LogP contribution in [-0.4, -0.2) is 75.0 Å². The van der Waals surface area contributed by atoms with Crippen LogP contribution in [0.5, 0.6) is 23.0 Å². The van der Waals surface area contributed by atoms with E-state index in [4.69, 9.17) is 18.9 Å². The Kier molecular flexibility index (Phi) is 11.9. The van der Waals surface area contributed by atoms with Crippen molar-refractivity contribution in [2.75, 3.05) is 58.5 Å². The second-order valence-electron chi connectivity index (χ2n) is 10.9. The first-order chi connectivity index (χ1) is 22.6. The lowest BCUT2D eigenvalue weighted by molar-refractivity contribution is -0.137. The number of amides is 2. The largest absolute Gasteiger partial charge is 0.497 e. The number of ether oxygens (including phenoxy) is 4. The SMILES string of the molecule is COc1ccc(CN(C(=O)CSc2nc(C)cc(C)n2)C(C(=O)Nc2ccc(N(C)C)cc2)c2cc(OC)c(OC)c(OC)c2)cc1. The summed E-state index contributed by atoms with van der Waals surface area (Å²) in [5.41, 5.74) is 4.43. The molecule has 0 aliphatic heterocycles. The number of aromatic nitrogens is 2. The summed E-state index contributed by atoms with van der Waals surface area (Å²) in [6.45, 7) is 3.88. The number of anilines is 2. The first-order valence-electron chi connectivity index (χ1n) is 14.8. The Morgan fingerprint density at radius 2 is 1.40 bits per heavy atom. The van der Waals surface area contributed by atoms with Gasteiger partial charge in [0.15, 0.2) is 16.7 Å². The number of methoxy groups -OCH3 is 4. The van der Waals surface area contributed by atoms with Crippen LogP contribution < -0.4 is 29.2 Å². The number of carbonyl (C=O) groups is 2. The minimum atomic E-state index is -1.10. The van der Waals surface area contributed by atoms with Crippen LogP contribution in [-0.2, 0) is 16.1 Å². The summed E-state index contributed by atoms with van der Waals surface area (Å²) in [6.07, 6.45) is 0. The quantitative estimate of drug-likeness (QED) is 0.134. The van der Waals surface area contributed by atoms with Crippen LogP contribution in [0.3, 0.4) is 0 Å². The molecule has 1 unspecified atom stereocenters. The lowest BCUT2D eigenvalue weighted by Gasteiger charge is -2.32. The predicted molar refractivity (Wildman–Crippen MR) is 184 cm³/mol. The molecule has 1 aromatic heterocycles. The smallest absolute Gasteiger partial charge is 0.251 e. The van der Waals surface area contributed by atoms with Gasteiger partial charge in [-0.2, -0.15) is 0 Å². The van der Waals surface area contributed by atoms with E-state index in [-0.39, 0.29) is 18.2 Å². The summed E-state index contributed by atoms with van der Waals surface area (Å²) in [6, 6.07) is 19.0. The number of nitrogens with zero attached hydrogens (tertiary/aromatic N) is 4. The normalized spacial score (nSPS) is 11.3. The van der Waals surface area contributed by atoms with E-state index in [0.717, 1.165) is 22.6 Å². The Balaban J connectivity index is 1.81. The molecule has 248 valence electrons. The Hall–Kier alpha value is -4.97. The third-order valence-electron chi connectivity index (χ3n) is 7.33. The fraction of sp³-hybridized carbons (Fsp3) is 0.314. The van der Waals surface area contributed by atoms with Gasteiger partial charge in [0.05, 0.1) is 34.2 Å². The van der Waals surface area contributed by atoms with Crippen LogP contribution in [0.4, 0.5) is 11.4 Å². The van der Waals surface area contributed by atoms with Gasteiger partial charge in [0.1, 0.15) is 11.8 Å². The number of nitrogens with one attached hydrogen (secondary N) is 1. The molecule has 2 amide bonds. The van der Waals surface area contributed by atoms with Gasteiger partial charge in [0.25, 0.3) is 5.91 Å². The van der Waals surface area contributed by atoms with E-state index in [1.54, 1.807) is 24.1 Å². The van der Waals surface area contributed by atoms with Crippen molar-refractivity contribution in [2.45, 2.75) is 31.6 Å². The Morgan fingerprint density at radius 3 is 1.91 bits per heavy atom. The van der Waals surface area contributed by atoms with Crippen molar-refractivity contribution in [1.82, 2.24) is 14.9 Å². The van der Waals surface area contributed by atoms with Gasteiger partial charge in [-0.1, -0.05) is 23.9 Å². The van der Waals surface area contributed by atoms with Gasteiger partial charge in [-0.05, 0) is 79.6 Å². The summed E-state index contributed by atoms with van der Waals surface area (Å²) in [7, 11) is 9.99. The first kappa shape index (κ1) is 34.9. The fourth-order valence-corrected chi connectivity index (χ4v) is 5.84. The molecule has 11 nitrogen and oxygen atoms in total. The molecule has 4 aromatic rings. The predicted octanol–water partition coefficient (Wildman–Crippen LogP) is 5.69. The van der Waals surface area contributed by atoms with Crippen molar-refractivity contribution in [3.63, 3.8) is 0 Å². The second-order valence-corrected chi connectivity index (χ2v) is 11.8. The molecule has 0 bridgehead atoms. The number of carbonyl (C=O) groups excluding carboxylic acids is 2. The Bertz CT molecular complexity index is 1640. The third-order valence-corrected chi connectivity index (χ3v) is 8.16. The molecule has 12 heteroatoms. The molecular weight excluding hydrogens is 618 g/mol. The van der Waals surface area contributed by atoms with Crippen molar-refractivity contribution < 1.29 is 28.5 Å². The maximum absolute atomic E-state index is 14.4. The summed E-state index contributed by atoms with van der Waals surface area (Å²) >= 11 is 1.22. The van der Waals surface area contributed by atoms with E-state index in [1.807, 2.05) is 87.4 Å². The average molecular weight is 660 g/mol. The van der Waals surface area contributed by atoms with E-state index in [9.17, 15) is 9.59 Å². The van der Waals surface area contributed by atoms with Crippen molar-refractivity contribution >= 4 is 35.0 Å². The topological polar surface area (TPSA) is 115 Å². The monoisotopic (exact) mass is 659 g/mol. The van der Waals surface area contributed by atoms with Crippen LogP contribution in [0.2, 0.25) is 0 Å². The fourth-order valence-electron chi connectivity index (χ4n) is 5.00. The summed E-state index contributed by atoms with van der Waals surface area (Å²) in [4.78, 5) is 41.2. The third kappa shape index (κ3) is 8.85. The van der Waals surface area contributed by atoms with Crippen molar-refractivity contribution in [3.8, 4) is 23.0 Å². The molecule has 1 N–H and O–H groups in total. The lowest BCUT2D eigenvalue weighted by Crippen LogP contribution is -2.42. The van der Waals surface area contributed by atoms with Crippen molar-refractivity contribution in [3.05, 3.63) is 89.2 Å². The Labute approximate surface area is 280 Å². The molecule has 4 rings (SSSR count). The summed E-state index contributed by atoms with van der Waals surface area (Å²) in [5, 5.41) is 3.50. The maximum atomic E-state index is 14.4. The van der Waals surface area contributed by atoms with E-state index in [1.165, 1.54) is 33.1 Å². The molecule has 3 aromatic carbocycles. The molecule has 0 aliphatic rings. The molecule has 0 radical (unpaired) electrons. The van der Waals surface area contributed by atoms with Crippen LogP contribution in [0, 0.1) is 13.8 Å². The molecule has 0 saturated carbocycles. The van der Waals surface area contributed by atoms with Crippen LogP contribution in [0.15, 0.2) is 71.9 Å². The van der Waals surface area contributed by atoms with Crippen LogP contribution in [0.25, 0.3) is 0 Å². The zero-order valence-electron chi connectivity index (χ0n) is 28.0. The zero-order valence-corrected chi connectivity index (χ0v) is 28.8. The molecule has 47 heavy (non-hydrogen) atoms. The lowest BCUT2D eigenvalue weighted by atomic mass is 10.0. The van der Waals surface area contributed by atoms with Crippen molar-refractivity contribution in [2.24, 2.45) is 0 Å². The molecule has 0 saturated heterocycles. The van der Waals surface area contributed by atoms with E-state index >= 15 is 0 Å². The van der Waals surface area contributed by atoms with Gasteiger partial charge >= 0.3 is 0 Å². The molecule has 0 aliphatic carbocycles. The standard InChI is InChI=1S/C35H41N5O6S/c1-22-17-23(2)37-35(36-22)47-21-31(41)40(20-24-9-15-28(43-5)16-10-24)32(25-18-29(44-6)33(46-8)30(19-25)45-7)34(42)38-26-11-13-27(14-12-26)39(3)4/h9-19,32H,20-21H2,1-8H3,(H,38,42). The number of aryl methyl sites for hydroxylation is 2. The number of hydrogen-bond donors (Lipinski definition) is 1. The average Bonchev–Trinajstić information content (AvgIpc) is 3.06. The number of rotatable bonds is 14. The first-order valence-corrected chi connectivity index (χ1v) is 15.8. The van der Waals surface area contributed by atoms with E-state index < -0.39 is 11.9 Å². The highest BCUT2D eigenvalue weighted by atomic mass is 32.2. The van der Waals surface area contributed by atoms with Gasteiger partial charge in [0.2, 0.25) is 11.7 Å². The van der Waals surface area contributed by atoms with Gasteiger partial charge in [-0.25, -0.2) is 9.97 Å². The molecular formula is C35H41N5O6S. The van der Waals surface area contributed by atoms with E-state index in [2.05, 4.69) is 15.3 Å². The van der Waals surface area contributed by atoms with Gasteiger partial charge in [-0.15, -0.1) is 0 Å². The minimum Gasteiger partial charge on any atom is -0.497 e. The second kappa shape index (κ2) is 16.0. The Morgan fingerprint density at radius 1 is 0.809 bits per heavy atom. The minimum absolute atomic E-state index is 0.00914. The summed E-state index contributed by atoms with van der Waals surface area (Å²) in [5.74, 6) is 1.01. The van der Waals surface area contributed by atoms with Gasteiger partial charge in [-0.3, -0.25) is 9.59 Å². The molecule has 0 fully saturated rings. The highest BCUT2D eigenvalue weighted by molar-refractivity contribution is 7.99. The van der Waals surface area contributed by atoms with Gasteiger partial charge < -0.3 is 34.1 Å². The molecule has 1 atom stereocenters. The summed E-state index contributed by atoms with van der Waals surface area (Å²) < 4.78 is 22.2. The van der Waals surface area contributed by atoms with Crippen LogP contribution in [0.1, 0.15) is 28.6 Å². The highest BCUT2D eigenvalue weighted by Gasteiger charge is 2.34. The van der Waals surface area contributed by atoms with Crippen molar-refractivity contribution in [1.29, 1.82) is 0 Å². The number of benzene rings is 3. The number of thioether (sulfide) groups is 1. The van der Waals surface area contributed by atoms with Gasteiger partial charge in [0, 0.05) is 43.4 Å². The van der Waals surface area contributed by atoms with E-state index in [0.29, 0.717) is 39.4 Å².